The summed E-state index contributed by atoms with van der Waals surface area (Å²) in [7, 11) is 0. The van der Waals surface area contributed by atoms with E-state index in [1.165, 1.54) is 31.4 Å². The Balaban J connectivity index is 1.92. The van der Waals surface area contributed by atoms with Gasteiger partial charge in [-0.05, 0) is 54.2 Å². The maximum absolute atomic E-state index is 13.4. The lowest BCUT2D eigenvalue weighted by Crippen LogP contribution is -2.45. The third-order valence-electron chi connectivity index (χ3n) is 5.50. The average molecular weight is 282 g/mol. The predicted molar refractivity (Wildman–Crippen MR) is 78.0 cm³/mol. The molecule has 1 aromatic rings. The second-order valence-corrected chi connectivity index (χ2v) is 7.52. The van der Waals surface area contributed by atoms with Crippen molar-refractivity contribution in [1.82, 2.24) is 0 Å². The van der Waals surface area contributed by atoms with Gasteiger partial charge in [0.1, 0.15) is 5.82 Å². The smallest absolute Gasteiger partial charge is 0.125 e. The first-order chi connectivity index (χ1) is 8.83. The van der Waals surface area contributed by atoms with Crippen LogP contribution in [-0.2, 0) is 0 Å². The van der Waals surface area contributed by atoms with Gasteiger partial charge in [0.25, 0.3) is 0 Å². The molecule has 1 nitrogen and oxygen atoms in total. The van der Waals surface area contributed by atoms with Crippen molar-refractivity contribution in [2.24, 2.45) is 16.7 Å². The number of benzene rings is 1. The molecule has 3 unspecified atom stereocenters. The van der Waals surface area contributed by atoms with Gasteiger partial charge in [0.05, 0.1) is 10.7 Å². The van der Waals surface area contributed by atoms with Gasteiger partial charge < -0.3 is 5.32 Å². The largest absolute Gasteiger partial charge is 0.380 e. The molecule has 3 heteroatoms. The molecule has 3 rings (SSSR count). The van der Waals surface area contributed by atoms with Gasteiger partial charge in [0.2, 0.25) is 0 Å². The fraction of sp³-hybridized carbons (Fsp3) is 0.625. The van der Waals surface area contributed by atoms with Crippen LogP contribution in [0.1, 0.15) is 40.0 Å². The third-order valence-corrected chi connectivity index (χ3v) is 5.83. The summed E-state index contributed by atoms with van der Waals surface area (Å²) in [5.74, 6) is 0.528. The van der Waals surface area contributed by atoms with Gasteiger partial charge >= 0.3 is 0 Å². The maximum Gasteiger partial charge on any atom is 0.125 e. The molecule has 0 aromatic heterocycles. The molecule has 2 saturated carbocycles. The predicted octanol–water partition coefficient (Wildman–Crippen LogP) is 5.11. The Morgan fingerprint density at radius 2 is 2.05 bits per heavy atom. The van der Waals surface area contributed by atoms with E-state index in [0.717, 1.165) is 11.6 Å². The molecule has 19 heavy (non-hydrogen) atoms. The topological polar surface area (TPSA) is 12.0 Å². The Morgan fingerprint density at radius 1 is 1.32 bits per heavy atom. The first kappa shape index (κ1) is 13.2. The zero-order valence-corrected chi connectivity index (χ0v) is 12.5. The summed E-state index contributed by atoms with van der Waals surface area (Å²) in [5, 5.41) is 4.14. The van der Waals surface area contributed by atoms with Crippen molar-refractivity contribution in [3.8, 4) is 0 Å². The van der Waals surface area contributed by atoms with Crippen molar-refractivity contribution in [3.05, 3.63) is 29.0 Å². The lowest BCUT2D eigenvalue weighted by Gasteiger charge is -2.43. The molecule has 0 spiro atoms. The number of nitrogens with one attached hydrogen (secondary N) is 1. The van der Waals surface area contributed by atoms with Crippen molar-refractivity contribution >= 4 is 17.3 Å². The number of rotatable bonds is 2. The number of anilines is 1. The van der Waals surface area contributed by atoms with E-state index >= 15 is 0 Å². The SMILES string of the molecule is CC12CCC(C1)C(C)(C)C2Nc1cc(F)ccc1Cl. The van der Waals surface area contributed by atoms with E-state index in [1.807, 2.05) is 0 Å². The van der Waals surface area contributed by atoms with E-state index in [9.17, 15) is 4.39 Å². The van der Waals surface area contributed by atoms with Crippen LogP contribution in [0.15, 0.2) is 18.2 Å². The van der Waals surface area contributed by atoms with Crippen molar-refractivity contribution in [3.63, 3.8) is 0 Å². The van der Waals surface area contributed by atoms with Gasteiger partial charge in [0, 0.05) is 6.04 Å². The zero-order chi connectivity index (χ0) is 13.8. The van der Waals surface area contributed by atoms with Gasteiger partial charge in [-0.3, -0.25) is 0 Å². The molecule has 2 bridgehead atoms. The molecule has 2 aliphatic rings. The number of hydrogen-bond acceptors (Lipinski definition) is 1. The van der Waals surface area contributed by atoms with Crippen LogP contribution < -0.4 is 5.32 Å². The summed E-state index contributed by atoms with van der Waals surface area (Å²) in [5.41, 5.74) is 1.28. The molecule has 0 heterocycles. The molecule has 2 fully saturated rings. The van der Waals surface area contributed by atoms with Crippen molar-refractivity contribution in [1.29, 1.82) is 0 Å². The number of halogens is 2. The summed E-state index contributed by atoms with van der Waals surface area (Å²) < 4.78 is 13.4. The Morgan fingerprint density at radius 3 is 2.68 bits per heavy atom. The molecule has 0 saturated heterocycles. The van der Waals surface area contributed by atoms with E-state index in [2.05, 4.69) is 26.1 Å². The highest BCUT2D eigenvalue weighted by molar-refractivity contribution is 6.33. The Hall–Kier alpha value is -0.760. The van der Waals surface area contributed by atoms with E-state index in [0.29, 0.717) is 16.5 Å². The van der Waals surface area contributed by atoms with Crippen LogP contribution in [-0.4, -0.2) is 6.04 Å². The molecular formula is C16H21ClFN. The zero-order valence-electron chi connectivity index (χ0n) is 11.8. The molecule has 2 aliphatic carbocycles. The third kappa shape index (κ3) is 1.96. The first-order valence-electron chi connectivity index (χ1n) is 7.04. The van der Waals surface area contributed by atoms with Crippen molar-refractivity contribution < 1.29 is 4.39 Å². The molecule has 0 aliphatic heterocycles. The highest BCUT2D eigenvalue weighted by atomic mass is 35.5. The average Bonchev–Trinajstić information content (AvgIpc) is 2.80. The quantitative estimate of drug-likeness (QED) is 0.795. The van der Waals surface area contributed by atoms with E-state index < -0.39 is 0 Å². The normalized spacial score (nSPS) is 35.6. The van der Waals surface area contributed by atoms with E-state index in [1.54, 1.807) is 6.07 Å². The fourth-order valence-corrected chi connectivity index (χ4v) is 4.60. The van der Waals surface area contributed by atoms with Crippen LogP contribution >= 0.6 is 11.6 Å². The standard InChI is InChI=1S/C16H21ClFN/c1-15(2)10-6-7-16(3,9-10)14(15)19-13-8-11(18)4-5-12(13)17/h4-5,8,10,14,19H,6-7,9H2,1-3H3. The summed E-state index contributed by atoms with van der Waals surface area (Å²) in [6, 6.07) is 4.90. The second-order valence-electron chi connectivity index (χ2n) is 7.12. The van der Waals surface area contributed by atoms with Crippen LogP contribution in [0, 0.1) is 22.6 Å². The highest BCUT2D eigenvalue weighted by Gasteiger charge is 2.59. The van der Waals surface area contributed by atoms with Crippen molar-refractivity contribution in [2.45, 2.75) is 46.1 Å². The Bertz CT molecular complexity index is 509. The van der Waals surface area contributed by atoms with Crippen LogP contribution in [0.3, 0.4) is 0 Å². The number of hydrogen-bond donors (Lipinski definition) is 1. The Labute approximate surface area is 119 Å². The molecule has 0 radical (unpaired) electrons. The molecule has 104 valence electrons. The lowest BCUT2D eigenvalue weighted by molar-refractivity contribution is 0.155. The Kier molecular flexibility index (Phi) is 2.87. The summed E-state index contributed by atoms with van der Waals surface area (Å²) in [6.45, 7) is 7.01. The first-order valence-corrected chi connectivity index (χ1v) is 7.42. The molecule has 0 amide bonds. The van der Waals surface area contributed by atoms with Crippen molar-refractivity contribution in [2.75, 3.05) is 5.32 Å². The van der Waals surface area contributed by atoms with Gasteiger partial charge in [-0.1, -0.05) is 32.4 Å². The summed E-state index contributed by atoms with van der Waals surface area (Å²) in [6.07, 6.45) is 3.84. The fourth-order valence-electron chi connectivity index (χ4n) is 4.43. The van der Waals surface area contributed by atoms with Crippen LogP contribution in [0.25, 0.3) is 0 Å². The maximum atomic E-state index is 13.4. The van der Waals surface area contributed by atoms with Gasteiger partial charge in [-0.2, -0.15) is 0 Å². The van der Waals surface area contributed by atoms with E-state index in [-0.39, 0.29) is 11.2 Å². The lowest BCUT2D eigenvalue weighted by atomic mass is 9.68. The van der Waals surface area contributed by atoms with Gasteiger partial charge in [-0.25, -0.2) is 4.39 Å². The van der Waals surface area contributed by atoms with Crippen LogP contribution in [0.4, 0.5) is 10.1 Å². The van der Waals surface area contributed by atoms with Crippen LogP contribution in [0.2, 0.25) is 5.02 Å². The summed E-state index contributed by atoms with van der Waals surface area (Å²) >= 11 is 6.19. The minimum absolute atomic E-state index is 0.238. The number of fused-ring (bicyclic) bond motifs is 2. The van der Waals surface area contributed by atoms with Crippen LogP contribution in [0.5, 0.6) is 0 Å². The van der Waals surface area contributed by atoms with E-state index in [4.69, 9.17) is 11.6 Å². The molecule has 1 aromatic carbocycles. The van der Waals surface area contributed by atoms with Gasteiger partial charge in [0.15, 0.2) is 0 Å². The molecule has 3 atom stereocenters. The molecular weight excluding hydrogens is 261 g/mol. The highest BCUT2D eigenvalue weighted by Crippen LogP contribution is 2.63. The monoisotopic (exact) mass is 281 g/mol. The minimum Gasteiger partial charge on any atom is -0.380 e. The minimum atomic E-state index is -0.238. The summed E-state index contributed by atoms with van der Waals surface area (Å²) in [4.78, 5) is 0. The van der Waals surface area contributed by atoms with Gasteiger partial charge in [-0.15, -0.1) is 0 Å². The molecule has 1 N–H and O–H groups in total. The second kappa shape index (κ2) is 4.12.